The minimum absolute atomic E-state index is 0.246. The number of rotatable bonds is 5. The van der Waals surface area contributed by atoms with Crippen molar-refractivity contribution in [3.05, 3.63) is 74.3 Å². The molecule has 0 aliphatic heterocycles. The van der Waals surface area contributed by atoms with Gasteiger partial charge in [0.2, 0.25) is 5.91 Å². The number of benzene rings is 2. The second-order valence-electron chi connectivity index (χ2n) is 6.44. The summed E-state index contributed by atoms with van der Waals surface area (Å²) in [5.74, 6) is 0.392. The molecule has 27 heavy (non-hydrogen) atoms. The summed E-state index contributed by atoms with van der Waals surface area (Å²) in [6.45, 7) is 2.05. The average molecular weight is 367 g/mol. The van der Waals surface area contributed by atoms with Gasteiger partial charge in [-0.25, -0.2) is 4.68 Å². The number of hydrogen-bond donors (Lipinski definition) is 1. The highest BCUT2D eigenvalue weighted by molar-refractivity contribution is 5.81. The van der Waals surface area contributed by atoms with Crippen molar-refractivity contribution < 1.29 is 9.53 Å². The molecule has 0 saturated carbocycles. The van der Waals surface area contributed by atoms with Crippen molar-refractivity contribution in [2.75, 3.05) is 14.2 Å². The van der Waals surface area contributed by atoms with E-state index >= 15 is 0 Å². The normalized spacial score (nSPS) is 10.8. The number of aromatic amines is 1. The Hall–Kier alpha value is -3.35. The molecule has 0 fully saturated rings. The Labute approximate surface area is 155 Å². The van der Waals surface area contributed by atoms with Gasteiger partial charge in [0.25, 0.3) is 11.1 Å². The van der Waals surface area contributed by atoms with Crippen molar-refractivity contribution in [3.8, 4) is 5.75 Å². The summed E-state index contributed by atoms with van der Waals surface area (Å²) < 4.78 is 6.39. The monoisotopic (exact) mass is 367 g/mol. The smallest absolute Gasteiger partial charge is 0.273 e. The van der Waals surface area contributed by atoms with Gasteiger partial charge in [-0.05, 0) is 25.1 Å². The van der Waals surface area contributed by atoms with Crippen molar-refractivity contribution in [2.24, 2.45) is 0 Å². The fourth-order valence-corrected chi connectivity index (χ4v) is 2.99. The van der Waals surface area contributed by atoms with Crippen LogP contribution < -0.4 is 15.9 Å². The van der Waals surface area contributed by atoms with E-state index < -0.39 is 11.1 Å². The number of likely N-dealkylation sites (N-methyl/N-ethyl adjacent to an activating group) is 1. The predicted octanol–water partition coefficient (Wildman–Crippen LogP) is 1.67. The number of H-pyrrole nitrogens is 1. The van der Waals surface area contributed by atoms with Gasteiger partial charge >= 0.3 is 0 Å². The third kappa shape index (κ3) is 3.76. The van der Waals surface area contributed by atoms with E-state index in [0.29, 0.717) is 17.7 Å². The van der Waals surface area contributed by atoms with Crippen LogP contribution in [-0.4, -0.2) is 34.7 Å². The SMILES string of the molecule is COc1ccc(C)cc1CN(C)C(=O)Cn1[nH]c(=O)c2ccccc2c1=O. The lowest BCUT2D eigenvalue weighted by Crippen LogP contribution is -2.37. The number of fused-ring (bicyclic) bond motifs is 1. The van der Waals surface area contributed by atoms with Crippen molar-refractivity contribution in [1.82, 2.24) is 14.7 Å². The van der Waals surface area contributed by atoms with Crippen LogP contribution in [0, 0.1) is 6.92 Å². The number of nitrogens with one attached hydrogen (secondary N) is 1. The highest BCUT2D eigenvalue weighted by Gasteiger charge is 2.15. The lowest BCUT2D eigenvalue weighted by Gasteiger charge is -2.19. The molecule has 1 heterocycles. The summed E-state index contributed by atoms with van der Waals surface area (Å²) in [7, 11) is 3.23. The number of carbonyl (C=O) groups excluding carboxylic acids is 1. The summed E-state index contributed by atoms with van der Waals surface area (Å²) in [6.07, 6.45) is 0. The Bertz CT molecular complexity index is 1110. The molecule has 0 aliphatic rings. The molecule has 3 rings (SSSR count). The molecule has 7 heteroatoms. The van der Waals surface area contributed by atoms with Crippen LogP contribution in [0.4, 0.5) is 0 Å². The maximum Gasteiger partial charge on any atom is 0.273 e. The molecule has 0 unspecified atom stereocenters. The molecule has 7 nitrogen and oxygen atoms in total. The van der Waals surface area contributed by atoms with Crippen molar-refractivity contribution >= 4 is 16.7 Å². The molecule has 0 atom stereocenters. The van der Waals surface area contributed by atoms with Gasteiger partial charge in [-0.2, -0.15) is 0 Å². The zero-order valence-electron chi connectivity index (χ0n) is 15.5. The second-order valence-corrected chi connectivity index (χ2v) is 6.44. The van der Waals surface area contributed by atoms with Crippen LogP contribution in [-0.2, 0) is 17.9 Å². The third-order valence-electron chi connectivity index (χ3n) is 4.45. The fraction of sp³-hybridized carbons (Fsp3) is 0.250. The third-order valence-corrected chi connectivity index (χ3v) is 4.45. The highest BCUT2D eigenvalue weighted by atomic mass is 16.5. The Morgan fingerprint density at radius 1 is 1.15 bits per heavy atom. The summed E-state index contributed by atoms with van der Waals surface area (Å²) in [5, 5.41) is 3.07. The van der Waals surface area contributed by atoms with E-state index in [1.807, 2.05) is 25.1 Å². The van der Waals surface area contributed by atoms with Gasteiger partial charge in [-0.3, -0.25) is 19.5 Å². The molecule has 0 aliphatic carbocycles. The van der Waals surface area contributed by atoms with E-state index in [9.17, 15) is 14.4 Å². The largest absolute Gasteiger partial charge is 0.496 e. The molecule has 0 saturated heterocycles. The minimum atomic E-state index is -0.403. The zero-order valence-corrected chi connectivity index (χ0v) is 15.5. The van der Waals surface area contributed by atoms with Crippen molar-refractivity contribution in [3.63, 3.8) is 0 Å². The molecule has 1 N–H and O–H groups in total. The van der Waals surface area contributed by atoms with Crippen LogP contribution in [0.5, 0.6) is 5.75 Å². The Morgan fingerprint density at radius 3 is 2.56 bits per heavy atom. The fourth-order valence-electron chi connectivity index (χ4n) is 2.99. The summed E-state index contributed by atoms with van der Waals surface area (Å²) in [6, 6.07) is 12.3. The minimum Gasteiger partial charge on any atom is -0.496 e. The first kappa shape index (κ1) is 18.4. The van der Waals surface area contributed by atoms with Gasteiger partial charge in [0.15, 0.2) is 0 Å². The van der Waals surface area contributed by atoms with E-state index in [2.05, 4.69) is 5.10 Å². The lowest BCUT2D eigenvalue weighted by molar-refractivity contribution is -0.131. The first-order valence-electron chi connectivity index (χ1n) is 8.50. The zero-order chi connectivity index (χ0) is 19.6. The first-order chi connectivity index (χ1) is 12.9. The molecule has 1 amide bonds. The Kier molecular flexibility index (Phi) is 5.12. The van der Waals surface area contributed by atoms with E-state index in [1.54, 1.807) is 38.4 Å². The molecular weight excluding hydrogens is 346 g/mol. The average Bonchev–Trinajstić information content (AvgIpc) is 2.66. The van der Waals surface area contributed by atoms with E-state index in [4.69, 9.17) is 4.74 Å². The topological polar surface area (TPSA) is 84.4 Å². The molecule has 0 spiro atoms. The van der Waals surface area contributed by atoms with Crippen LogP contribution in [0.2, 0.25) is 0 Å². The maximum absolute atomic E-state index is 12.6. The predicted molar refractivity (Wildman–Crippen MR) is 103 cm³/mol. The molecule has 2 aromatic carbocycles. The number of amides is 1. The second kappa shape index (κ2) is 7.49. The quantitative estimate of drug-likeness (QED) is 0.743. The lowest BCUT2D eigenvalue weighted by atomic mass is 10.1. The molecule has 0 bridgehead atoms. The van der Waals surface area contributed by atoms with Gasteiger partial charge in [0.1, 0.15) is 12.3 Å². The molecular formula is C20H21N3O4. The molecule has 140 valence electrons. The van der Waals surface area contributed by atoms with Crippen LogP contribution in [0.25, 0.3) is 10.8 Å². The standard InChI is InChI=1S/C20H21N3O4/c1-13-8-9-17(27-3)14(10-13)11-22(2)18(24)12-23-20(26)16-7-5-4-6-15(16)19(25)21-23/h4-10H,11-12H2,1-3H3,(H,21,25). The van der Waals surface area contributed by atoms with Gasteiger partial charge in [-0.15, -0.1) is 0 Å². The van der Waals surface area contributed by atoms with Crippen LogP contribution in [0.1, 0.15) is 11.1 Å². The number of aryl methyl sites for hydroxylation is 1. The van der Waals surface area contributed by atoms with Crippen molar-refractivity contribution in [2.45, 2.75) is 20.0 Å². The van der Waals surface area contributed by atoms with E-state index in [-0.39, 0.29) is 17.8 Å². The van der Waals surface area contributed by atoms with Gasteiger partial charge < -0.3 is 9.64 Å². The number of methoxy groups -OCH3 is 1. The van der Waals surface area contributed by atoms with Crippen molar-refractivity contribution in [1.29, 1.82) is 0 Å². The Morgan fingerprint density at radius 2 is 1.85 bits per heavy atom. The van der Waals surface area contributed by atoms with E-state index in [0.717, 1.165) is 15.8 Å². The summed E-state index contributed by atoms with van der Waals surface area (Å²) >= 11 is 0. The maximum atomic E-state index is 12.6. The van der Waals surface area contributed by atoms with Crippen LogP contribution in [0.15, 0.2) is 52.1 Å². The molecule has 1 aromatic heterocycles. The number of aromatic nitrogens is 2. The van der Waals surface area contributed by atoms with E-state index in [1.165, 1.54) is 4.90 Å². The number of ether oxygens (including phenoxy) is 1. The summed E-state index contributed by atoms with van der Waals surface area (Å²) in [4.78, 5) is 38.8. The molecule has 0 radical (unpaired) electrons. The number of nitrogens with zero attached hydrogens (tertiary/aromatic N) is 2. The van der Waals surface area contributed by atoms with Gasteiger partial charge in [-0.1, -0.05) is 29.8 Å². The van der Waals surface area contributed by atoms with Crippen LogP contribution in [0.3, 0.4) is 0 Å². The first-order valence-corrected chi connectivity index (χ1v) is 8.50. The number of carbonyl (C=O) groups is 1. The molecule has 3 aromatic rings. The Balaban J connectivity index is 1.85. The highest BCUT2D eigenvalue weighted by Crippen LogP contribution is 2.21. The summed E-state index contributed by atoms with van der Waals surface area (Å²) in [5.41, 5.74) is 1.12. The van der Waals surface area contributed by atoms with Gasteiger partial charge in [0, 0.05) is 19.2 Å². The van der Waals surface area contributed by atoms with Gasteiger partial charge in [0.05, 0.1) is 17.9 Å². The van der Waals surface area contributed by atoms with Crippen LogP contribution >= 0.6 is 0 Å². The number of hydrogen-bond acceptors (Lipinski definition) is 4.